The predicted octanol–water partition coefficient (Wildman–Crippen LogP) is 4.47. The van der Waals surface area contributed by atoms with Crippen molar-refractivity contribution in [3.63, 3.8) is 0 Å². The van der Waals surface area contributed by atoms with E-state index < -0.39 is 16.5 Å². The SMILES string of the molecule is COc1ccc([S+](c2ccc(OC)cc2)C(C)C(=O)OC(C)(C)C)cc1. The van der Waals surface area contributed by atoms with Crippen LogP contribution in [0.1, 0.15) is 27.7 Å². The first-order valence-corrected chi connectivity index (χ1v) is 9.78. The monoisotopic (exact) mass is 375 g/mol. The van der Waals surface area contributed by atoms with E-state index in [9.17, 15) is 4.79 Å². The topological polar surface area (TPSA) is 44.8 Å². The minimum Gasteiger partial charge on any atom is -0.497 e. The number of carbonyl (C=O) groups is 1. The molecule has 0 radical (unpaired) electrons. The molecular formula is C21H27O4S+. The molecule has 0 spiro atoms. The first kappa shape index (κ1) is 20.2. The number of hydrogen-bond donors (Lipinski definition) is 0. The smallest absolute Gasteiger partial charge is 0.360 e. The maximum Gasteiger partial charge on any atom is 0.360 e. The second kappa shape index (κ2) is 8.49. The van der Waals surface area contributed by atoms with Crippen LogP contribution in [0.4, 0.5) is 0 Å². The summed E-state index contributed by atoms with van der Waals surface area (Å²) in [4.78, 5) is 14.9. The number of methoxy groups -OCH3 is 2. The van der Waals surface area contributed by atoms with Crippen LogP contribution in [0.25, 0.3) is 0 Å². The van der Waals surface area contributed by atoms with Gasteiger partial charge in [0.1, 0.15) is 17.1 Å². The highest BCUT2D eigenvalue weighted by Gasteiger charge is 2.40. The van der Waals surface area contributed by atoms with Crippen LogP contribution in [0.5, 0.6) is 11.5 Å². The lowest BCUT2D eigenvalue weighted by atomic mass is 10.2. The summed E-state index contributed by atoms with van der Waals surface area (Å²) >= 11 is 0. The zero-order valence-corrected chi connectivity index (χ0v) is 17.1. The summed E-state index contributed by atoms with van der Waals surface area (Å²) in [6.45, 7) is 7.58. The second-order valence-electron chi connectivity index (χ2n) is 6.86. The molecule has 4 nitrogen and oxygen atoms in total. The average Bonchev–Trinajstić information content (AvgIpc) is 2.61. The van der Waals surface area contributed by atoms with Gasteiger partial charge in [-0.25, -0.2) is 4.79 Å². The summed E-state index contributed by atoms with van der Waals surface area (Å²) in [5.41, 5.74) is -0.514. The van der Waals surface area contributed by atoms with Crippen molar-refractivity contribution in [3.8, 4) is 11.5 Å². The van der Waals surface area contributed by atoms with Crippen molar-refractivity contribution in [3.05, 3.63) is 48.5 Å². The normalized spacial score (nSPS) is 12.6. The second-order valence-corrected chi connectivity index (χ2v) is 9.19. The zero-order valence-electron chi connectivity index (χ0n) is 16.2. The van der Waals surface area contributed by atoms with Gasteiger partial charge in [0.25, 0.3) is 0 Å². The van der Waals surface area contributed by atoms with Gasteiger partial charge in [-0.2, -0.15) is 0 Å². The van der Waals surface area contributed by atoms with Gasteiger partial charge in [-0.15, -0.1) is 0 Å². The van der Waals surface area contributed by atoms with Gasteiger partial charge in [0.15, 0.2) is 9.79 Å². The Morgan fingerprint density at radius 2 is 1.23 bits per heavy atom. The van der Waals surface area contributed by atoms with E-state index in [0.29, 0.717) is 0 Å². The summed E-state index contributed by atoms with van der Waals surface area (Å²) in [5.74, 6) is 1.38. The number of benzene rings is 2. The van der Waals surface area contributed by atoms with E-state index in [1.807, 2.05) is 76.2 Å². The summed E-state index contributed by atoms with van der Waals surface area (Å²) < 4.78 is 16.1. The van der Waals surface area contributed by atoms with Gasteiger partial charge in [0, 0.05) is 0 Å². The summed E-state index contributed by atoms with van der Waals surface area (Å²) in [6, 6.07) is 15.7. The summed E-state index contributed by atoms with van der Waals surface area (Å²) in [5, 5.41) is -0.309. The fourth-order valence-electron chi connectivity index (χ4n) is 2.47. The lowest BCUT2D eigenvalue weighted by Gasteiger charge is -2.22. The molecule has 1 unspecified atom stereocenters. The molecule has 0 heterocycles. The first-order valence-electron chi connectivity index (χ1n) is 8.49. The summed E-state index contributed by atoms with van der Waals surface area (Å²) in [7, 11) is 2.81. The van der Waals surface area contributed by atoms with Crippen molar-refractivity contribution >= 4 is 16.9 Å². The maximum atomic E-state index is 12.7. The Morgan fingerprint density at radius 1 is 0.846 bits per heavy atom. The average molecular weight is 376 g/mol. The van der Waals surface area contributed by atoms with Crippen molar-refractivity contribution < 1.29 is 19.0 Å². The molecule has 0 bridgehead atoms. The Bertz CT molecular complexity index is 670. The minimum atomic E-state index is -0.514. The zero-order chi connectivity index (χ0) is 19.3. The number of carbonyl (C=O) groups excluding carboxylic acids is 1. The summed E-state index contributed by atoms with van der Waals surface area (Å²) in [6.07, 6.45) is 0. The fraction of sp³-hybridized carbons (Fsp3) is 0.381. The van der Waals surface area contributed by atoms with E-state index in [1.165, 1.54) is 0 Å². The molecule has 140 valence electrons. The molecule has 0 aromatic heterocycles. The van der Waals surface area contributed by atoms with Crippen LogP contribution in [0.3, 0.4) is 0 Å². The van der Waals surface area contributed by atoms with Crippen LogP contribution in [0, 0.1) is 0 Å². The van der Waals surface area contributed by atoms with E-state index in [4.69, 9.17) is 14.2 Å². The molecule has 5 heteroatoms. The molecule has 0 amide bonds. The molecule has 0 fully saturated rings. The van der Waals surface area contributed by atoms with Gasteiger partial charge in [-0.05, 0) is 76.2 Å². The third-order valence-corrected chi connectivity index (χ3v) is 6.18. The molecule has 0 saturated heterocycles. The quantitative estimate of drug-likeness (QED) is 0.552. The van der Waals surface area contributed by atoms with Crippen molar-refractivity contribution in [1.82, 2.24) is 0 Å². The Hall–Kier alpha value is -2.14. The number of esters is 1. The van der Waals surface area contributed by atoms with Crippen LogP contribution in [-0.2, 0) is 20.4 Å². The van der Waals surface area contributed by atoms with Crippen LogP contribution >= 0.6 is 0 Å². The molecule has 2 aromatic rings. The van der Waals surface area contributed by atoms with Gasteiger partial charge in [-0.3, -0.25) is 0 Å². The van der Waals surface area contributed by atoms with E-state index >= 15 is 0 Å². The standard InChI is InChI=1S/C21H27O4S/c1-15(20(22)25-21(2,3)4)26(18-11-7-16(23-5)8-12-18)19-13-9-17(24-6)10-14-19/h7-15H,1-6H3/q+1. The largest absolute Gasteiger partial charge is 0.497 e. The number of rotatable bonds is 6. The molecule has 0 aliphatic heterocycles. The van der Waals surface area contributed by atoms with Crippen molar-refractivity contribution in [1.29, 1.82) is 0 Å². The molecule has 0 N–H and O–H groups in total. The Labute approximate surface area is 158 Å². The van der Waals surface area contributed by atoms with Crippen LogP contribution in [0.2, 0.25) is 0 Å². The van der Waals surface area contributed by atoms with E-state index in [-0.39, 0.29) is 11.2 Å². The lowest BCUT2D eigenvalue weighted by molar-refractivity contribution is -0.153. The fourth-order valence-corrected chi connectivity index (χ4v) is 4.66. The van der Waals surface area contributed by atoms with E-state index in [0.717, 1.165) is 21.3 Å². The number of hydrogen-bond acceptors (Lipinski definition) is 4. The Morgan fingerprint density at radius 3 is 1.54 bits per heavy atom. The predicted molar refractivity (Wildman–Crippen MR) is 105 cm³/mol. The van der Waals surface area contributed by atoms with Crippen molar-refractivity contribution in [2.45, 2.75) is 48.3 Å². The molecule has 2 aromatic carbocycles. The van der Waals surface area contributed by atoms with Crippen LogP contribution in [-0.4, -0.2) is 31.0 Å². The highest BCUT2D eigenvalue weighted by Crippen LogP contribution is 2.31. The third-order valence-electron chi connectivity index (χ3n) is 3.72. The molecule has 0 aliphatic rings. The van der Waals surface area contributed by atoms with Crippen molar-refractivity contribution in [2.75, 3.05) is 14.2 Å². The van der Waals surface area contributed by atoms with E-state index in [2.05, 4.69) is 0 Å². The van der Waals surface area contributed by atoms with Gasteiger partial charge in [-0.1, -0.05) is 0 Å². The minimum absolute atomic E-state index is 0.201. The van der Waals surface area contributed by atoms with Gasteiger partial charge >= 0.3 is 5.97 Å². The molecule has 0 saturated carbocycles. The number of ether oxygens (including phenoxy) is 3. The van der Waals surface area contributed by atoms with Gasteiger partial charge in [0.05, 0.1) is 25.1 Å². The highest BCUT2D eigenvalue weighted by atomic mass is 32.2. The molecular weight excluding hydrogens is 348 g/mol. The maximum absolute atomic E-state index is 12.7. The third kappa shape index (κ3) is 5.18. The van der Waals surface area contributed by atoms with Crippen LogP contribution in [0.15, 0.2) is 58.3 Å². The molecule has 2 rings (SSSR count). The van der Waals surface area contributed by atoms with Crippen molar-refractivity contribution in [2.24, 2.45) is 0 Å². The Balaban J connectivity index is 2.40. The molecule has 1 atom stereocenters. The van der Waals surface area contributed by atoms with Gasteiger partial charge in [0.2, 0.25) is 5.25 Å². The first-order chi connectivity index (χ1) is 12.2. The van der Waals surface area contributed by atoms with E-state index in [1.54, 1.807) is 14.2 Å². The molecule has 26 heavy (non-hydrogen) atoms. The molecule has 0 aliphatic carbocycles. The Kier molecular flexibility index (Phi) is 6.59. The highest BCUT2D eigenvalue weighted by molar-refractivity contribution is 7.98. The lowest BCUT2D eigenvalue weighted by Crippen LogP contribution is -2.35. The van der Waals surface area contributed by atoms with Gasteiger partial charge < -0.3 is 14.2 Å². The van der Waals surface area contributed by atoms with Crippen LogP contribution < -0.4 is 9.47 Å².